The Morgan fingerprint density at radius 3 is 2.14 bits per heavy atom. The van der Waals surface area contributed by atoms with Crippen molar-refractivity contribution in [3.8, 4) is 0 Å². The van der Waals surface area contributed by atoms with Crippen LogP contribution in [0, 0.1) is 5.92 Å². The molecule has 80 valence electrons. The Morgan fingerprint density at radius 1 is 1.07 bits per heavy atom. The summed E-state index contributed by atoms with van der Waals surface area (Å²) in [6, 6.07) is 3.47. The summed E-state index contributed by atoms with van der Waals surface area (Å²) in [5, 5.41) is 3.84. The van der Waals surface area contributed by atoms with E-state index in [1.807, 2.05) is 0 Å². The summed E-state index contributed by atoms with van der Waals surface area (Å²) in [6.07, 6.45) is 7.10. The van der Waals surface area contributed by atoms with Crippen LogP contribution in [-0.4, -0.2) is 36.1 Å². The maximum atomic E-state index is 3.84. The largest absolute Gasteiger partial charge is 0.311 e. The van der Waals surface area contributed by atoms with Gasteiger partial charge in [0.15, 0.2) is 0 Å². The van der Waals surface area contributed by atoms with Crippen molar-refractivity contribution in [2.45, 2.75) is 63.2 Å². The molecule has 0 aromatic heterocycles. The van der Waals surface area contributed by atoms with Gasteiger partial charge in [0.2, 0.25) is 0 Å². The summed E-state index contributed by atoms with van der Waals surface area (Å²) in [5.41, 5.74) is 0. The van der Waals surface area contributed by atoms with Crippen molar-refractivity contribution in [3.63, 3.8) is 0 Å². The first-order valence-electron chi connectivity index (χ1n) is 6.22. The molecule has 2 aliphatic heterocycles. The minimum Gasteiger partial charge on any atom is -0.311 e. The van der Waals surface area contributed by atoms with E-state index in [1.165, 1.54) is 32.1 Å². The molecule has 14 heavy (non-hydrogen) atoms. The number of hydrogen-bond acceptors (Lipinski definition) is 2. The average Bonchev–Trinajstić information content (AvgIpc) is 2.80. The van der Waals surface area contributed by atoms with Crippen molar-refractivity contribution in [2.75, 3.05) is 7.05 Å². The van der Waals surface area contributed by atoms with Crippen LogP contribution in [0.15, 0.2) is 0 Å². The van der Waals surface area contributed by atoms with Gasteiger partial charge in [-0.1, -0.05) is 6.92 Å². The second-order valence-electron chi connectivity index (χ2n) is 5.70. The standard InChI is InChI=1S/C12H22N2/c1-8-5-12(8)13-9-6-10-3-4-11(7-9)14(10)2/h8-13H,3-7H2,1-2H3/t8-,9?,10?,11?,12-/m1/s1. The van der Waals surface area contributed by atoms with E-state index in [9.17, 15) is 0 Å². The fraction of sp³-hybridized carbons (Fsp3) is 1.00. The SMILES string of the molecule is C[C@@H]1C[C@H]1NC1CC2CCC(C1)N2C. The Morgan fingerprint density at radius 2 is 1.64 bits per heavy atom. The van der Waals surface area contributed by atoms with Crippen LogP contribution in [-0.2, 0) is 0 Å². The predicted molar refractivity (Wildman–Crippen MR) is 58.3 cm³/mol. The number of piperidine rings is 1. The molecule has 0 aromatic carbocycles. The van der Waals surface area contributed by atoms with Gasteiger partial charge in [0.05, 0.1) is 0 Å². The van der Waals surface area contributed by atoms with Gasteiger partial charge in [-0.25, -0.2) is 0 Å². The van der Waals surface area contributed by atoms with Crippen molar-refractivity contribution in [2.24, 2.45) is 5.92 Å². The highest BCUT2D eigenvalue weighted by Gasteiger charge is 2.41. The lowest BCUT2D eigenvalue weighted by Crippen LogP contribution is -2.47. The van der Waals surface area contributed by atoms with Gasteiger partial charge in [0.25, 0.3) is 0 Å². The molecular formula is C12H22N2. The molecule has 0 radical (unpaired) electrons. The molecule has 2 saturated heterocycles. The molecule has 2 heteroatoms. The molecule has 0 amide bonds. The van der Waals surface area contributed by atoms with Crippen molar-refractivity contribution in [1.29, 1.82) is 0 Å². The van der Waals surface area contributed by atoms with Crippen molar-refractivity contribution < 1.29 is 0 Å². The van der Waals surface area contributed by atoms with Gasteiger partial charge in [-0.2, -0.15) is 0 Å². The monoisotopic (exact) mass is 194 g/mol. The van der Waals surface area contributed by atoms with Gasteiger partial charge < -0.3 is 10.2 Å². The predicted octanol–water partition coefficient (Wildman–Crippen LogP) is 1.61. The third kappa shape index (κ3) is 1.49. The number of nitrogens with one attached hydrogen (secondary N) is 1. The molecule has 2 heterocycles. The zero-order chi connectivity index (χ0) is 9.71. The molecule has 4 atom stereocenters. The van der Waals surface area contributed by atoms with Crippen molar-refractivity contribution in [3.05, 3.63) is 0 Å². The van der Waals surface area contributed by atoms with Crippen LogP contribution in [0.4, 0.5) is 0 Å². The van der Waals surface area contributed by atoms with E-state index >= 15 is 0 Å². The summed E-state index contributed by atoms with van der Waals surface area (Å²) in [4.78, 5) is 2.62. The second kappa shape index (κ2) is 3.21. The Labute approximate surface area is 87.0 Å². The molecular weight excluding hydrogens is 172 g/mol. The molecule has 2 nitrogen and oxygen atoms in total. The third-order valence-corrected chi connectivity index (χ3v) is 4.66. The lowest BCUT2D eigenvalue weighted by molar-refractivity contribution is 0.147. The van der Waals surface area contributed by atoms with Crippen LogP contribution >= 0.6 is 0 Å². The molecule has 3 rings (SSSR count). The van der Waals surface area contributed by atoms with E-state index in [2.05, 4.69) is 24.2 Å². The van der Waals surface area contributed by atoms with Crippen LogP contribution in [0.1, 0.15) is 39.0 Å². The summed E-state index contributed by atoms with van der Waals surface area (Å²) in [5.74, 6) is 0.951. The van der Waals surface area contributed by atoms with Crippen LogP contribution in [0.2, 0.25) is 0 Å². The van der Waals surface area contributed by atoms with E-state index in [0.717, 1.165) is 30.1 Å². The Hall–Kier alpha value is -0.0800. The minimum atomic E-state index is 0.832. The second-order valence-corrected chi connectivity index (χ2v) is 5.70. The molecule has 2 bridgehead atoms. The highest BCUT2D eigenvalue weighted by atomic mass is 15.2. The molecule has 3 fully saturated rings. The summed E-state index contributed by atoms with van der Waals surface area (Å²) in [6.45, 7) is 2.36. The first-order valence-corrected chi connectivity index (χ1v) is 6.22. The third-order valence-electron chi connectivity index (χ3n) is 4.66. The van der Waals surface area contributed by atoms with E-state index in [1.54, 1.807) is 0 Å². The topological polar surface area (TPSA) is 15.3 Å². The zero-order valence-electron chi connectivity index (χ0n) is 9.37. The quantitative estimate of drug-likeness (QED) is 0.718. The summed E-state index contributed by atoms with van der Waals surface area (Å²) < 4.78 is 0. The van der Waals surface area contributed by atoms with Gasteiger partial charge in [-0.05, 0) is 45.1 Å². The Balaban J connectivity index is 1.57. The van der Waals surface area contributed by atoms with Crippen LogP contribution in [0.5, 0.6) is 0 Å². The van der Waals surface area contributed by atoms with Crippen LogP contribution < -0.4 is 5.32 Å². The lowest BCUT2D eigenvalue weighted by atomic mass is 9.98. The Bertz CT molecular complexity index is 214. The Kier molecular flexibility index (Phi) is 2.10. The maximum absolute atomic E-state index is 3.84. The molecule has 1 N–H and O–H groups in total. The fourth-order valence-corrected chi connectivity index (χ4v) is 3.40. The van der Waals surface area contributed by atoms with Crippen molar-refractivity contribution >= 4 is 0 Å². The molecule has 3 aliphatic rings. The highest BCUT2D eigenvalue weighted by molar-refractivity contribution is 4.99. The average molecular weight is 194 g/mol. The maximum Gasteiger partial charge on any atom is 0.0111 e. The summed E-state index contributed by atoms with van der Waals surface area (Å²) in [7, 11) is 2.32. The number of rotatable bonds is 2. The van der Waals surface area contributed by atoms with Crippen molar-refractivity contribution in [1.82, 2.24) is 10.2 Å². The molecule has 1 saturated carbocycles. The van der Waals surface area contributed by atoms with Gasteiger partial charge in [0, 0.05) is 24.2 Å². The van der Waals surface area contributed by atoms with E-state index in [-0.39, 0.29) is 0 Å². The van der Waals surface area contributed by atoms with Crippen LogP contribution in [0.3, 0.4) is 0 Å². The smallest absolute Gasteiger partial charge is 0.0111 e. The van der Waals surface area contributed by atoms with Gasteiger partial charge >= 0.3 is 0 Å². The van der Waals surface area contributed by atoms with Crippen LogP contribution in [0.25, 0.3) is 0 Å². The first-order chi connectivity index (χ1) is 6.74. The molecule has 1 aliphatic carbocycles. The fourth-order valence-electron chi connectivity index (χ4n) is 3.40. The van der Waals surface area contributed by atoms with Gasteiger partial charge in [-0.15, -0.1) is 0 Å². The van der Waals surface area contributed by atoms with E-state index in [4.69, 9.17) is 0 Å². The number of hydrogen-bond donors (Lipinski definition) is 1. The highest BCUT2D eigenvalue weighted by Crippen LogP contribution is 2.37. The lowest BCUT2D eigenvalue weighted by Gasteiger charge is -2.36. The number of fused-ring (bicyclic) bond motifs is 2. The first kappa shape index (κ1) is 9.17. The molecule has 2 unspecified atom stereocenters. The van der Waals surface area contributed by atoms with E-state index in [0.29, 0.717) is 0 Å². The van der Waals surface area contributed by atoms with Gasteiger partial charge in [0.1, 0.15) is 0 Å². The van der Waals surface area contributed by atoms with E-state index < -0.39 is 0 Å². The molecule has 0 aromatic rings. The zero-order valence-corrected chi connectivity index (χ0v) is 9.37. The summed E-state index contributed by atoms with van der Waals surface area (Å²) >= 11 is 0. The molecule has 0 spiro atoms. The normalized spacial score (nSPS) is 52.3. The number of nitrogens with zero attached hydrogens (tertiary/aromatic N) is 1. The minimum absolute atomic E-state index is 0.832. The van der Waals surface area contributed by atoms with Gasteiger partial charge in [-0.3, -0.25) is 0 Å².